The molecule has 4 nitrogen and oxygen atoms in total. The van der Waals surface area contributed by atoms with Crippen LogP contribution in [-0.2, 0) is 4.79 Å². The Labute approximate surface area is 96.6 Å². The molecule has 0 aliphatic heterocycles. The normalized spacial score (nSPS) is 12.9. The van der Waals surface area contributed by atoms with Crippen molar-refractivity contribution in [2.75, 3.05) is 0 Å². The van der Waals surface area contributed by atoms with E-state index in [0.29, 0.717) is 21.6 Å². The lowest BCUT2D eigenvalue weighted by Gasteiger charge is -2.08. The SMILES string of the molecule is Cc1cc2c(Cl)c(C(N)C(=O)O)ccc2o1. The molecule has 1 heterocycles. The smallest absolute Gasteiger partial charge is 0.325 e. The monoisotopic (exact) mass is 239 g/mol. The van der Waals surface area contributed by atoms with Crippen molar-refractivity contribution in [1.29, 1.82) is 0 Å². The highest BCUT2D eigenvalue weighted by Gasteiger charge is 2.19. The van der Waals surface area contributed by atoms with Crippen LogP contribution in [0.25, 0.3) is 11.0 Å². The van der Waals surface area contributed by atoms with Gasteiger partial charge in [-0.05, 0) is 24.6 Å². The van der Waals surface area contributed by atoms with E-state index < -0.39 is 12.0 Å². The van der Waals surface area contributed by atoms with Gasteiger partial charge < -0.3 is 15.3 Å². The fourth-order valence-electron chi connectivity index (χ4n) is 1.59. The zero-order chi connectivity index (χ0) is 11.9. The second kappa shape index (κ2) is 3.81. The number of carboxylic acid groups (broad SMARTS) is 1. The number of halogens is 1. The molecule has 1 unspecified atom stereocenters. The number of benzene rings is 1. The molecule has 0 bridgehead atoms. The van der Waals surface area contributed by atoms with Gasteiger partial charge in [0.25, 0.3) is 0 Å². The first kappa shape index (κ1) is 11.0. The number of furan rings is 1. The lowest BCUT2D eigenvalue weighted by atomic mass is 10.1. The third kappa shape index (κ3) is 1.66. The van der Waals surface area contributed by atoms with E-state index in [4.69, 9.17) is 26.9 Å². The van der Waals surface area contributed by atoms with Gasteiger partial charge in [-0.1, -0.05) is 17.7 Å². The third-order valence-corrected chi connectivity index (χ3v) is 2.81. The van der Waals surface area contributed by atoms with Gasteiger partial charge in [-0.25, -0.2) is 0 Å². The summed E-state index contributed by atoms with van der Waals surface area (Å²) in [6.45, 7) is 1.80. The van der Waals surface area contributed by atoms with Crippen LogP contribution in [0, 0.1) is 6.92 Å². The van der Waals surface area contributed by atoms with E-state index in [9.17, 15) is 4.79 Å². The minimum Gasteiger partial charge on any atom is -0.480 e. The van der Waals surface area contributed by atoms with Gasteiger partial charge in [-0.15, -0.1) is 0 Å². The van der Waals surface area contributed by atoms with Crippen LogP contribution in [0.15, 0.2) is 22.6 Å². The van der Waals surface area contributed by atoms with Gasteiger partial charge in [-0.3, -0.25) is 4.79 Å². The maximum absolute atomic E-state index is 10.8. The molecule has 0 fully saturated rings. The summed E-state index contributed by atoms with van der Waals surface area (Å²) in [5, 5.41) is 9.86. The fraction of sp³-hybridized carbons (Fsp3) is 0.182. The van der Waals surface area contributed by atoms with Crippen molar-refractivity contribution in [2.24, 2.45) is 5.73 Å². The Morgan fingerprint density at radius 2 is 2.25 bits per heavy atom. The van der Waals surface area contributed by atoms with E-state index in [0.717, 1.165) is 5.76 Å². The van der Waals surface area contributed by atoms with Gasteiger partial charge in [0.1, 0.15) is 17.4 Å². The largest absolute Gasteiger partial charge is 0.480 e. The lowest BCUT2D eigenvalue weighted by molar-refractivity contribution is -0.138. The predicted molar refractivity (Wildman–Crippen MR) is 60.5 cm³/mol. The summed E-state index contributed by atoms with van der Waals surface area (Å²) < 4.78 is 5.37. The molecule has 16 heavy (non-hydrogen) atoms. The van der Waals surface area contributed by atoms with E-state index in [1.807, 2.05) is 0 Å². The molecule has 0 saturated carbocycles. The minimum absolute atomic E-state index is 0.337. The lowest BCUT2D eigenvalue weighted by Crippen LogP contribution is -2.20. The van der Waals surface area contributed by atoms with Crippen molar-refractivity contribution in [2.45, 2.75) is 13.0 Å². The van der Waals surface area contributed by atoms with E-state index in [-0.39, 0.29) is 0 Å². The Morgan fingerprint density at radius 3 is 2.88 bits per heavy atom. The molecular formula is C11H10ClNO3. The summed E-state index contributed by atoms with van der Waals surface area (Å²) in [6.07, 6.45) is 0. The maximum atomic E-state index is 10.8. The van der Waals surface area contributed by atoms with Crippen molar-refractivity contribution in [3.05, 3.63) is 34.5 Å². The molecule has 0 aliphatic carbocycles. The Kier molecular flexibility index (Phi) is 2.61. The maximum Gasteiger partial charge on any atom is 0.325 e. The van der Waals surface area contributed by atoms with Crippen LogP contribution in [-0.4, -0.2) is 11.1 Å². The number of aliphatic carboxylic acids is 1. The molecule has 0 radical (unpaired) electrons. The van der Waals surface area contributed by atoms with Gasteiger partial charge in [0, 0.05) is 5.39 Å². The van der Waals surface area contributed by atoms with Gasteiger partial charge >= 0.3 is 5.97 Å². The Bertz CT molecular complexity index is 562. The first-order valence-electron chi connectivity index (χ1n) is 4.67. The van der Waals surface area contributed by atoms with E-state index in [1.165, 1.54) is 0 Å². The highest BCUT2D eigenvalue weighted by Crippen LogP contribution is 2.32. The zero-order valence-corrected chi connectivity index (χ0v) is 9.28. The number of rotatable bonds is 2. The first-order chi connectivity index (χ1) is 7.50. The topological polar surface area (TPSA) is 76.5 Å². The van der Waals surface area contributed by atoms with Crippen molar-refractivity contribution >= 4 is 28.5 Å². The van der Waals surface area contributed by atoms with Gasteiger partial charge in [-0.2, -0.15) is 0 Å². The van der Waals surface area contributed by atoms with Crippen molar-refractivity contribution in [3.63, 3.8) is 0 Å². The Balaban J connectivity index is 2.64. The second-order valence-electron chi connectivity index (χ2n) is 3.55. The summed E-state index contributed by atoms with van der Waals surface area (Å²) >= 11 is 6.09. The fourth-order valence-corrected chi connectivity index (χ4v) is 1.92. The average molecular weight is 240 g/mol. The summed E-state index contributed by atoms with van der Waals surface area (Å²) in [7, 11) is 0. The number of hydrogen-bond donors (Lipinski definition) is 2. The van der Waals surface area contributed by atoms with E-state index >= 15 is 0 Å². The van der Waals surface area contributed by atoms with Crippen LogP contribution in [0.1, 0.15) is 17.4 Å². The average Bonchev–Trinajstić information content (AvgIpc) is 2.59. The van der Waals surface area contributed by atoms with Gasteiger partial charge in [0.05, 0.1) is 5.02 Å². The summed E-state index contributed by atoms with van der Waals surface area (Å²) in [5.41, 5.74) is 6.54. The molecular weight excluding hydrogens is 230 g/mol. The molecule has 1 aromatic heterocycles. The van der Waals surface area contributed by atoms with Crippen LogP contribution < -0.4 is 5.73 Å². The van der Waals surface area contributed by atoms with Crippen molar-refractivity contribution in [1.82, 2.24) is 0 Å². The number of hydrogen-bond acceptors (Lipinski definition) is 3. The third-order valence-electron chi connectivity index (χ3n) is 2.39. The molecule has 0 spiro atoms. The quantitative estimate of drug-likeness (QED) is 0.844. The molecule has 0 amide bonds. The summed E-state index contributed by atoms with van der Waals surface area (Å²) in [5.74, 6) is -0.389. The van der Waals surface area contributed by atoms with E-state index in [2.05, 4.69) is 0 Å². The molecule has 0 aliphatic rings. The van der Waals surface area contributed by atoms with Crippen LogP contribution in [0.3, 0.4) is 0 Å². The summed E-state index contributed by atoms with van der Waals surface area (Å²) in [4.78, 5) is 10.8. The van der Waals surface area contributed by atoms with Crippen LogP contribution in [0.5, 0.6) is 0 Å². The Hall–Kier alpha value is -1.52. The highest BCUT2D eigenvalue weighted by molar-refractivity contribution is 6.36. The molecule has 1 aromatic carbocycles. The predicted octanol–water partition coefficient (Wildman–Crippen LogP) is 2.48. The van der Waals surface area contributed by atoms with Crippen molar-refractivity contribution < 1.29 is 14.3 Å². The number of aryl methyl sites for hydroxylation is 1. The van der Waals surface area contributed by atoms with Crippen LogP contribution in [0.4, 0.5) is 0 Å². The number of nitrogens with two attached hydrogens (primary N) is 1. The minimum atomic E-state index is -1.12. The number of carbonyl (C=O) groups is 1. The molecule has 1 atom stereocenters. The highest BCUT2D eigenvalue weighted by atomic mass is 35.5. The standard InChI is InChI=1S/C11H10ClNO3/c1-5-4-7-8(16-5)3-2-6(9(7)12)10(13)11(14)15/h2-4,10H,13H2,1H3,(H,14,15). The number of fused-ring (bicyclic) bond motifs is 1. The van der Waals surface area contributed by atoms with Crippen molar-refractivity contribution in [3.8, 4) is 0 Å². The summed E-state index contributed by atoms with van der Waals surface area (Å²) in [6, 6.07) is 3.89. The number of carboxylic acids is 1. The molecule has 5 heteroatoms. The van der Waals surface area contributed by atoms with Gasteiger partial charge in [0.15, 0.2) is 0 Å². The van der Waals surface area contributed by atoms with Gasteiger partial charge in [0.2, 0.25) is 0 Å². The second-order valence-corrected chi connectivity index (χ2v) is 3.93. The molecule has 84 valence electrons. The molecule has 2 aromatic rings. The zero-order valence-electron chi connectivity index (χ0n) is 8.53. The Morgan fingerprint density at radius 1 is 1.56 bits per heavy atom. The van der Waals surface area contributed by atoms with Crippen LogP contribution >= 0.6 is 11.6 Å². The molecule has 0 saturated heterocycles. The molecule has 3 N–H and O–H groups in total. The van der Waals surface area contributed by atoms with Crippen LogP contribution in [0.2, 0.25) is 5.02 Å². The molecule has 2 rings (SSSR count). The van der Waals surface area contributed by atoms with E-state index in [1.54, 1.807) is 25.1 Å². The first-order valence-corrected chi connectivity index (χ1v) is 5.05.